The predicted octanol–water partition coefficient (Wildman–Crippen LogP) is 4.16. The van der Waals surface area contributed by atoms with E-state index in [2.05, 4.69) is 29.6 Å². The van der Waals surface area contributed by atoms with Crippen molar-refractivity contribution in [3.8, 4) is 11.1 Å². The molecule has 2 aromatic carbocycles. The van der Waals surface area contributed by atoms with E-state index in [4.69, 9.17) is 4.74 Å². The van der Waals surface area contributed by atoms with Crippen molar-refractivity contribution in [1.29, 1.82) is 0 Å². The van der Waals surface area contributed by atoms with Crippen LogP contribution in [0, 0.1) is 11.3 Å². The molecule has 35 heavy (non-hydrogen) atoms. The van der Waals surface area contributed by atoms with Crippen molar-refractivity contribution < 1.29 is 24.2 Å². The van der Waals surface area contributed by atoms with Gasteiger partial charge in [-0.2, -0.15) is 0 Å². The lowest BCUT2D eigenvalue weighted by molar-refractivity contribution is -0.152. The molecule has 0 aliphatic heterocycles. The molecule has 182 valence electrons. The number of aliphatic carboxylic acids is 1. The summed E-state index contributed by atoms with van der Waals surface area (Å²) >= 11 is 0. The van der Waals surface area contributed by atoms with Gasteiger partial charge in [-0.15, -0.1) is 0 Å². The molecule has 6 rings (SSSR count). The number of carbonyl (C=O) groups is 3. The molecule has 0 saturated heterocycles. The number of alkyl carbamates (subject to hydrolysis) is 1. The van der Waals surface area contributed by atoms with Gasteiger partial charge in [-0.1, -0.05) is 48.5 Å². The van der Waals surface area contributed by atoms with Crippen molar-refractivity contribution in [3.05, 3.63) is 59.7 Å². The number of benzene rings is 2. The summed E-state index contributed by atoms with van der Waals surface area (Å²) in [6, 6.07) is 15.5. The minimum atomic E-state index is -0.967. The fraction of sp³-hybridized carbons (Fsp3) is 0.464. The molecule has 1 unspecified atom stereocenters. The molecule has 0 radical (unpaired) electrons. The van der Waals surface area contributed by atoms with Crippen molar-refractivity contribution in [3.63, 3.8) is 0 Å². The zero-order chi connectivity index (χ0) is 24.3. The third kappa shape index (κ3) is 3.68. The number of carbonyl (C=O) groups excluding carboxylic acids is 2. The molecule has 7 nitrogen and oxygen atoms in total. The summed E-state index contributed by atoms with van der Waals surface area (Å²) in [6.07, 6.45) is 3.34. The molecule has 2 amide bonds. The first-order valence-electron chi connectivity index (χ1n) is 12.6. The standard InChI is InChI=1S/C28H30N2O5/c1-16(25(31)32)30(19-10-11-19)26(33)28-13-17(28)12-18(14-28)29-27(34)35-15-24-22-8-4-2-6-20(22)21-7-3-5-9-23(21)24/h2-9,16-19,24H,10-15H2,1H3,(H,29,34)(H,31,32)/t16?,17-,18+,28+/m1/s1. The van der Waals surface area contributed by atoms with Gasteiger partial charge in [0.25, 0.3) is 0 Å². The molecule has 2 N–H and O–H groups in total. The largest absolute Gasteiger partial charge is 0.480 e. The average Bonchev–Trinajstić information content (AvgIpc) is 3.75. The van der Waals surface area contributed by atoms with E-state index in [1.54, 1.807) is 11.8 Å². The first-order valence-corrected chi connectivity index (χ1v) is 12.6. The van der Waals surface area contributed by atoms with E-state index >= 15 is 0 Å². The Hall–Kier alpha value is -3.35. The number of carboxylic acids is 1. The molecular formula is C28H30N2O5. The second-order valence-corrected chi connectivity index (χ2v) is 10.6. The maximum Gasteiger partial charge on any atom is 0.407 e. The summed E-state index contributed by atoms with van der Waals surface area (Å²) in [5.74, 6) is -0.805. The average molecular weight is 475 g/mol. The molecular weight excluding hydrogens is 444 g/mol. The second-order valence-electron chi connectivity index (χ2n) is 10.6. The van der Waals surface area contributed by atoms with Crippen LogP contribution in [0.2, 0.25) is 0 Å². The third-order valence-corrected chi connectivity index (χ3v) is 8.45. The van der Waals surface area contributed by atoms with Crippen molar-refractivity contribution in [2.45, 2.75) is 63.1 Å². The van der Waals surface area contributed by atoms with Gasteiger partial charge in [0.05, 0.1) is 5.41 Å². The lowest BCUT2D eigenvalue weighted by Gasteiger charge is -2.30. The number of hydrogen-bond donors (Lipinski definition) is 2. The van der Waals surface area contributed by atoms with E-state index in [0.29, 0.717) is 6.42 Å². The molecule has 0 heterocycles. The lowest BCUT2D eigenvalue weighted by atomic mass is 9.98. The van der Waals surface area contributed by atoms with E-state index in [1.807, 2.05) is 24.3 Å². The smallest absolute Gasteiger partial charge is 0.407 e. The Labute approximate surface area is 204 Å². The molecule has 2 aromatic rings. The van der Waals surface area contributed by atoms with Crippen molar-refractivity contribution in [2.24, 2.45) is 11.3 Å². The van der Waals surface area contributed by atoms with Crippen LogP contribution in [0.25, 0.3) is 11.1 Å². The van der Waals surface area contributed by atoms with Crippen LogP contribution in [0.1, 0.15) is 56.1 Å². The molecule has 4 aliphatic rings. The molecule has 0 aromatic heterocycles. The van der Waals surface area contributed by atoms with E-state index < -0.39 is 23.5 Å². The van der Waals surface area contributed by atoms with Crippen molar-refractivity contribution in [2.75, 3.05) is 6.61 Å². The highest BCUT2D eigenvalue weighted by atomic mass is 16.5. The van der Waals surface area contributed by atoms with Crippen LogP contribution in [-0.2, 0) is 14.3 Å². The molecule has 4 atom stereocenters. The second kappa shape index (κ2) is 8.11. The third-order valence-electron chi connectivity index (χ3n) is 8.45. The number of fused-ring (bicyclic) bond motifs is 4. The number of ether oxygens (including phenoxy) is 1. The minimum absolute atomic E-state index is 0.00246. The van der Waals surface area contributed by atoms with Crippen LogP contribution in [0.5, 0.6) is 0 Å². The molecule has 0 bridgehead atoms. The Kier molecular flexibility index (Phi) is 5.13. The van der Waals surface area contributed by atoms with Crippen LogP contribution in [0.4, 0.5) is 4.79 Å². The Morgan fingerprint density at radius 2 is 1.69 bits per heavy atom. The van der Waals surface area contributed by atoms with E-state index in [9.17, 15) is 19.5 Å². The quantitative estimate of drug-likeness (QED) is 0.628. The van der Waals surface area contributed by atoms with Crippen LogP contribution < -0.4 is 5.32 Å². The minimum Gasteiger partial charge on any atom is -0.480 e. The fourth-order valence-electron chi connectivity index (χ4n) is 6.46. The van der Waals surface area contributed by atoms with Crippen LogP contribution in [0.3, 0.4) is 0 Å². The highest BCUT2D eigenvalue weighted by molar-refractivity contribution is 5.91. The summed E-state index contributed by atoms with van der Waals surface area (Å²) in [5.41, 5.74) is 4.18. The SMILES string of the molecule is CC(C(=O)O)N(C(=O)[C@@]12C[C@@H](NC(=O)OCC3c4ccccc4-c4ccccc43)C[C@@H]1C2)C1CC1. The van der Waals surface area contributed by atoms with Gasteiger partial charge in [0.2, 0.25) is 5.91 Å². The van der Waals surface area contributed by atoms with Gasteiger partial charge in [-0.25, -0.2) is 9.59 Å². The first kappa shape index (κ1) is 22.1. The Bertz CT molecular complexity index is 1160. The fourth-order valence-corrected chi connectivity index (χ4v) is 6.46. The number of rotatable bonds is 7. The van der Waals surface area contributed by atoms with Crippen LogP contribution in [-0.4, -0.2) is 52.7 Å². The van der Waals surface area contributed by atoms with Gasteiger partial charge < -0.3 is 20.1 Å². The van der Waals surface area contributed by atoms with Crippen LogP contribution in [0.15, 0.2) is 48.5 Å². The monoisotopic (exact) mass is 474 g/mol. The van der Waals surface area contributed by atoms with Gasteiger partial charge in [0, 0.05) is 18.0 Å². The summed E-state index contributed by atoms with van der Waals surface area (Å²) in [4.78, 5) is 39.3. The van der Waals surface area contributed by atoms with E-state index in [1.165, 1.54) is 22.3 Å². The number of nitrogens with one attached hydrogen (secondary N) is 1. The maximum atomic E-state index is 13.4. The van der Waals surface area contributed by atoms with Crippen molar-refractivity contribution >= 4 is 18.0 Å². The lowest BCUT2D eigenvalue weighted by Crippen LogP contribution is -2.48. The number of amides is 2. The molecule has 3 saturated carbocycles. The van der Waals surface area contributed by atoms with Gasteiger partial charge >= 0.3 is 12.1 Å². The Morgan fingerprint density at radius 1 is 1.06 bits per heavy atom. The molecule has 4 aliphatic carbocycles. The van der Waals surface area contributed by atoms with Gasteiger partial charge in [0.1, 0.15) is 12.6 Å². The summed E-state index contributed by atoms with van der Waals surface area (Å²) in [6.45, 7) is 1.85. The van der Waals surface area contributed by atoms with Gasteiger partial charge in [-0.05, 0) is 67.2 Å². The highest BCUT2D eigenvalue weighted by Gasteiger charge is 2.67. The van der Waals surface area contributed by atoms with Crippen LogP contribution >= 0.6 is 0 Å². The van der Waals surface area contributed by atoms with Gasteiger partial charge in [-0.3, -0.25) is 4.79 Å². The summed E-state index contributed by atoms with van der Waals surface area (Å²) < 4.78 is 5.69. The van der Waals surface area contributed by atoms with E-state index in [0.717, 1.165) is 25.7 Å². The summed E-state index contributed by atoms with van der Waals surface area (Å²) in [5, 5.41) is 12.5. The topological polar surface area (TPSA) is 95.9 Å². The number of nitrogens with zero attached hydrogens (tertiary/aromatic N) is 1. The molecule has 7 heteroatoms. The normalized spacial score (nSPS) is 26.8. The van der Waals surface area contributed by atoms with E-state index in [-0.39, 0.29) is 36.4 Å². The van der Waals surface area contributed by atoms with Crippen molar-refractivity contribution in [1.82, 2.24) is 10.2 Å². The number of hydrogen-bond acceptors (Lipinski definition) is 4. The zero-order valence-corrected chi connectivity index (χ0v) is 19.8. The number of carboxylic acid groups (broad SMARTS) is 1. The highest BCUT2D eigenvalue weighted by Crippen LogP contribution is 2.65. The summed E-state index contributed by atoms with van der Waals surface area (Å²) in [7, 11) is 0. The molecule has 3 fully saturated rings. The first-order chi connectivity index (χ1) is 16.9. The predicted molar refractivity (Wildman–Crippen MR) is 129 cm³/mol. The Balaban J connectivity index is 1.08. The molecule has 0 spiro atoms. The Morgan fingerprint density at radius 3 is 2.29 bits per heavy atom. The van der Waals surface area contributed by atoms with Gasteiger partial charge in [0.15, 0.2) is 0 Å². The zero-order valence-electron chi connectivity index (χ0n) is 19.8. The maximum absolute atomic E-state index is 13.4.